The van der Waals surface area contributed by atoms with Gasteiger partial charge in [-0.05, 0) is 59.7 Å². The van der Waals surface area contributed by atoms with Crippen molar-refractivity contribution in [2.24, 2.45) is 4.99 Å². The van der Waals surface area contributed by atoms with Crippen molar-refractivity contribution in [3.63, 3.8) is 0 Å². The fourth-order valence-electron chi connectivity index (χ4n) is 5.25. The van der Waals surface area contributed by atoms with E-state index in [2.05, 4.69) is 27.4 Å². The molecule has 4 aromatic rings. The summed E-state index contributed by atoms with van der Waals surface area (Å²) < 4.78 is 0. The number of H-pyrrole nitrogens is 1. The zero-order chi connectivity index (χ0) is 25.9. The lowest BCUT2D eigenvalue weighted by Crippen LogP contribution is -2.36. The van der Waals surface area contributed by atoms with Crippen molar-refractivity contribution in [1.82, 2.24) is 14.9 Å². The molecule has 3 aromatic carbocycles. The number of amides is 2. The molecule has 190 valence electrons. The summed E-state index contributed by atoms with van der Waals surface area (Å²) in [4.78, 5) is 39.5. The highest BCUT2D eigenvalue weighted by Crippen LogP contribution is 2.36. The first kappa shape index (κ1) is 23.9. The molecule has 1 saturated heterocycles. The number of piperidine rings is 1. The Hall–Kier alpha value is -4.52. The molecule has 7 heteroatoms. The van der Waals surface area contributed by atoms with Crippen LogP contribution in [0.2, 0.25) is 0 Å². The lowest BCUT2D eigenvalue weighted by Gasteiger charge is -2.26. The summed E-state index contributed by atoms with van der Waals surface area (Å²) >= 11 is 0. The van der Waals surface area contributed by atoms with Gasteiger partial charge in [0.2, 0.25) is 11.8 Å². The van der Waals surface area contributed by atoms with Crippen LogP contribution in [-0.4, -0.2) is 45.5 Å². The highest BCUT2D eigenvalue weighted by atomic mass is 16.2. The molecule has 38 heavy (non-hydrogen) atoms. The van der Waals surface area contributed by atoms with Crippen molar-refractivity contribution in [2.75, 3.05) is 18.4 Å². The number of nitrogens with one attached hydrogen (secondary N) is 2. The Kier molecular flexibility index (Phi) is 6.56. The summed E-state index contributed by atoms with van der Waals surface area (Å²) in [5.74, 6) is -0.325. The van der Waals surface area contributed by atoms with Gasteiger partial charge in [0.1, 0.15) is 5.92 Å². The highest BCUT2D eigenvalue weighted by Gasteiger charge is 2.35. The molecule has 0 bridgehead atoms. The highest BCUT2D eigenvalue weighted by molar-refractivity contribution is 6.24. The first-order valence-corrected chi connectivity index (χ1v) is 13.1. The van der Waals surface area contributed by atoms with E-state index in [0.717, 1.165) is 71.7 Å². The van der Waals surface area contributed by atoms with E-state index >= 15 is 0 Å². The third kappa shape index (κ3) is 4.87. The van der Waals surface area contributed by atoms with Gasteiger partial charge in [0, 0.05) is 25.2 Å². The molecule has 3 heterocycles. The summed E-state index contributed by atoms with van der Waals surface area (Å²) in [5.41, 5.74) is 7.25. The molecule has 0 aliphatic carbocycles. The molecule has 2 N–H and O–H groups in total. The lowest BCUT2D eigenvalue weighted by atomic mass is 9.90. The van der Waals surface area contributed by atoms with Crippen LogP contribution in [0, 0.1) is 0 Å². The van der Waals surface area contributed by atoms with E-state index in [9.17, 15) is 9.59 Å². The van der Waals surface area contributed by atoms with Gasteiger partial charge in [-0.1, -0.05) is 54.6 Å². The molecule has 1 unspecified atom stereocenters. The van der Waals surface area contributed by atoms with Crippen LogP contribution < -0.4 is 5.32 Å². The molecule has 1 aromatic heterocycles. The van der Waals surface area contributed by atoms with Crippen molar-refractivity contribution < 1.29 is 9.59 Å². The number of rotatable bonds is 7. The maximum absolute atomic E-state index is 13.2. The van der Waals surface area contributed by atoms with E-state index in [-0.39, 0.29) is 11.8 Å². The summed E-state index contributed by atoms with van der Waals surface area (Å²) in [6.45, 7) is 1.59. The van der Waals surface area contributed by atoms with Gasteiger partial charge >= 0.3 is 0 Å². The molecule has 1 fully saturated rings. The van der Waals surface area contributed by atoms with Gasteiger partial charge < -0.3 is 15.2 Å². The largest absolute Gasteiger partial charge is 0.345 e. The Balaban J connectivity index is 1.30. The average molecular weight is 504 g/mol. The molecular weight excluding hydrogens is 474 g/mol. The Labute approximate surface area is 221 Å². The quantitative estimate of drug-likeness (QED) is 0.327. The second kappa shape index (κ2) is 10.5. The molecular formula is C31H29N5O2. The number of aromatic amines is 1. The number of hydrogen-bond donors (Lipinski definition) is 2. The second-order valence-corrected chi connectivity index (χ2v) is 9.80. The number of para-hydroxylation sites is 1. The number of aromatic nitrogens is 2. The molecule has 6 rings (SSSR count). The number of aliphatic imine (C=N–C) groups is 1. The lowest BCUT2D eigenvalue weighted by molar-refractivity contribution is -0.133. The van der Waals surface area contributed by atoms with E-state index < -0.39 is 5.92 Å². The van der Waals surface area contributed by atoms with E-state index in [0.29, 0.717) is 12.1 Å². The third-order valence-electron chi connectivity index (χ3n) is 7.33. The van der Waals surface area contributed by atoms with Gasteiger partial charge in [-0.15, -0.1) is 0 Å². The van der Waals surface area contributed by atoms with Crippen LogP contribution in [-0.2, 0) is 16.0 Å². The molecule has 0 saturated carbocycles. The number of imidazole rings is 1. The number of likely N-dealkylation sites (tertiary alicyclic amines) is 1. The smallest absolute Gasteiger partial charge is 0.238 e. The SMILES string of the molecule is O=C1Nc2ccccc2C1C(=Nc1ccc(-c2cnc[nH]2)cc1)c1ccc(CCN2CCCCC2=O)cc1. The van der Waals surface area contributed by atoms with Crippen molar-refractivity contribution in [1.29, 1.82) is 0 Å². The fraction of sp³-hybridized carbons (Fsp3) is 0.226. The fourth-order valence-corrected chi connectivity index (χ4v) is 5.25. The number of carbonyl (C=O) groups is 2. The van der Waals surface area contributed by atoms with Gasteiger partial charge in [-0.3, -0.25) is 14.6 Å². The zero-order valence-electron chi connectivity index (χ0n) is 21.1. The van der Waals surface area contributed by atoms with Crippen molar-refractivity contribution in [3.05, 3.63) is 102 Å². The summed E-state index contributed by atoms with van der Waals surface area (Å²) in [6, 6.07) is 23.9. The molecule has 1 atom stereocenters. The number of carbonyl (C=O) groups excluding carboxylic acids is 2. The Bertz CT molecular complexity index is 1470. The van der Waals surface area contributed by atoms with Gasteiger partial charge in [-0.2, -0.15) is 0 Å². The van der Waals surface area contributed by atoms with Crippen LogP contribution >= 0.6 is 0 Å². The monoisotopic (exact) mass is 503 g/mol. The molecule has 0 radical (unpaired) electrons. The zero-order valence-corrected chi connectivity index (χ0v) is 21.1. The minimum atomic E-state index is -0.504. The molecule has 2 amide bonds. The maximum Gasteiger partial charge on any atom is 0.238 e. The first-order chi connectivity index (χ1) is 18.7. The summed E-state index contributed by atoms with van der Waals surface area (Å²) in [5, 5.41) is 3.02. The minimum Gasteiger partial charge on any atom is -0.345 e. The van der Waals surface area contributed by atoms with Crippen molar-refractivity contribution in [2.45, 2.75) is 31.6 Å². The Morgan fingerprint density at radius 3 is 2.55 bits per heavy atom. The van der Waals surface area contributed by atoms with Crippen LogP contribution in [0.4, 0.5) is 11.4 Å². The topological polar surface area (TPSA) is 90.4 Å². The average Bonchev–Trinajstić information content (AvgIpc) is 3.60. The predicted octanol–water partition coefficient (Wildman–Crippen LogP) is 5.49. The summed E-state index contributed by atoms with van der Waals surface area (Å²) in [6.07, 6.45) is 6.98. The summed E-state index contributed by atoms with van der Waals surface area (Å²) in [7, 11) is 0. The van der Waals surface area contributed by atoms with Gasteiger partial charge in [0.15, 0.2) is 0 Å². The van der Waals surface area contributed by atoms with Crippen molar-refractivity contribution in [3.8, 4) is 11.3 Å². The maximum atomic E-state index is 13.2. The number of anilines is 1. The molecule has 2 aliphatic rings. The van der Waals surface area contributed by atoms with Crippen LogP contribution in [0.5, 0.6) is 0 Å². The standard InChI is InChI=1S/C31H29N5O2/c37-28-7-3-4-17-36(28)18-16-21-8-10-23(11-9-21)30(29-25-5-1-2-6-26(25)35-31(29)38)34-24-14-12-22(13-15-24)27-19-32-20-33-27/h1-2,5-6,8-15,19-20,29H,3-4,7,16-18H2,(H,32,33)(H,35,38). The van der Waals surface area contributed by atoms with E-state index in [1.807, 2.05) is 65.6 Å². The van der Waals surface area contributed by atoms with Gasteiger partial charge in [0.25, 0.3) is 0 Å². The molecule has 7 nitrogen and oxygen atoms in total. The van der Waals surface area contributed by atoms with E-state index in [1.165, 1.54) is 0 Å². The third-order valence-corrected chi connectivity index (χ3v) is 7.33. The normalized spacial score (nSPS) is 17.4. The van der Waals surface area contributed by atoms with Gasteiger partial charge in [0.05, 0.1) is 29.6 Å². The first-order valence-electron chi connectivity index (χ1n) is 13.1. The second-order valence-electron chi connectivity index (χ2n) is 9.80. The van der Waals surface area contributed by atoms with E-state index in [4.69, 9.17) is 4.99 Å². The Morgan fingerprint density at radius 1 is 0.974 bits per heavy atom. The minimum absolute atomic E-state index is 0.0771. The van der Waals surface area contributed by atoms with Crippen LogP contribution in [0.15, 0.2) is 90.3 Å². The molecule has 0 spiro atoms. The predicted molar refractivity (Wildman–Crippen MR) is 149 cm³/mol. The van der Waals surface area contributed by atoms with Crippen LogP contribution in [0.25, 0.3) is 11.3 Å². The van der Waals surface area contributed by atoms with Crippen LogP contribution in [0.1, 0.15) is 41.9 Å². The number of hydrogen-bond acceptors (Lipinski definition) is 4. The van der Waals surface area contributed by atoms with Crippen molar-refractivity contribution >= 4 is 28.9 Å². The van der Waals surface area contributed by atoms with E-state index in [1.54, 1.807) is 12.5 Å². The Morgan fingerprint density at radius 2 is 1.79 bits per heavy atom. The number of benzene rings is 3. The van der Waals surface area contributed by atoms with Crippen LogP contribution in [0.3, 0.4) is 0 Å². The number of nitrogens with zero attached hydrogens (tertiary/aromatic N) is 3. The molecule has 2 aliphatic heterocycles. The van der Waals surface area contributed by atoms with Gasteiger partial charge in [-0.25, -0.2) is 4.98 Å². The number of fused-ring (bicyclic) bond motifs is 1.